The normalized spacial score (nSPS) is 15.9. The third-order valence-electron chi connectivity index (χ3n) is 4.44. The van der Waals surface area contributed by atoms with E-state index in [1.165, 1.54) is 0 Å². The summed E-state index contributed by atoms with van der Waals surface area (Å²) in [6.07, 6.45) is 0. The van der Waals surface area contributed by atoms with Crippen LogP contribution < -0.4 is 10.6 Å². The molecule has 150 valence electrons. The number of nitrogens with one attached hydrogen (secondary N) is 2. The summed E-state index contributed by atoms with van der Waals surface area (Å²) >= 11 is 12.6. The van der Waals surface area contributed by atoms with Gasteiger partial charge in [-0.1, -0.05) is 35.3 Å². The number of hydrogen-bond donors (Lipinski definition) is 3. The predicted octanol–water partition coefficient (Wildman–Crippen LogP) is 4.20. The van der Waals surface area contributed by atoms with E-state index < -0.39 is 18.5 Å². The van der Waals surface area contributed by atoms with Crippen molar-refractivity contribution in [3.8, 4) is 0 Å². The lowest BCUT2D eigenvalue weighted by Gasteiger charge is -2.33. The van der Waals surface area contributed by atoms with Gasteiger partial charge in [0, 0.05) is 34.7 Å². The van der Waals surface area contributed by atoms with Crippen molar-refractivity contribution in [2.24, 2.45) is 0 Å². The number of aliphatic carboxylic acids is 1. The topological polar surface area (TPSA) is 81.7 Å². The molecule has 1 heterocycles. The zero-order valence-electron chi connectivity index (χ0n) is 15.0. The number of benzene rings is 2. The van der Waals surface area contributed by atoms with Crippen molar-refractivity contribution in [2.45, 2.75) is 12.5 Å². The number of anilines is 1. The molecule has 1 aliphatic rings. The highest BCUT2D eigenvalue weighted by atomic mass is 35.5. The molecule has 0 saturated heterocycles. The maximum Gasteiger partial charge on any atom is 0.323 e. The molecule has 0 saturated carbocycles. The van der Waals surface area contributed by atoms with E-state index in [0.29, 0.717) is 15.7 Å². The molecule has 1 atom stereocenters. The van der Waals surface area contributed by atoms with E-state index in [2.05, 4.69) is 15.5 Å². The second-order valence-corrected chi connectivity index (χ2v) is 7.38. The first-order valence-electron chi connectivity index (χ1n) is 8.36. The van der Waals surface area contributed by atoms with Crippen LogP contribution >= 0.6 is 35.6 Å². The fraction of sp³-hybridized carbons (Fsp3) is 0.263. The summed E-state index contributed by atoms with van der Waals surface area (Å²) in [4.78, 5) is 24.6. The van der Waals surface area contributed by atoms with Gasteiger partial charge >= 0.3 is 12.0 Å². The summed E-state index contributed by atoms with van der Waals surface area (Å²) in [5.41, 5.74) is 3.73. The summed E-state index contributed by atoms with van der Waals surface area (Å²) in [6.45, 7) is 1.10. The van der Waals surface area contributed by atoms with E-state index in [-0.39, 0.29) is 18.3 Å². The summed E-state index contributed by atoms with van der Waals surface area (Å²) < 4.78 is 0. The SMILES string of the molecule is CN1Cc2c(Cl)cc(Cl)cc2C(c2cccc(NC(=O)NCC(=O)O)c2)C1.Cl. The maximum atomic E-state index is 11.8. The number of fused-ring (bicyclic) bond motifs is 1. The van der Waals surface area contributed by atoms with Gasteiger partial charge in [-0.05, 0) is 48.0 Å². The first kappa shape index (κ1) is 22.3. The smallest absolute Gasteiger partial charge is 0.323 e. The standard InChI is InChI=1S/C19H19Cl2N3O3.ClH/c1-24-9-15(14-6-12(20)7-17(21)16(14)10-24)11-3-2-4-13(5-11)23-19(27)22-8-18(25)26;/h2-7,15H,8-10H2,1H3,(H,25,26)(H2,22,23,27);1H. The molecule has 3 N–H and O–H groups in total. The Morgan fingerprint density at radius 2 is 2.00 bits per heavy atom. The minimum atomic E-state index is -1.10. The quantitative estimate of drug-likeness (QED) is 0.660. The molecular weight excluding hydrogens is 425 g/mol. The lowest BCUT2D eigenvalue weighted by molar-refractivity contribution is -0.135. The van der Waals surface area contributed by atoms with Crippen molar-refractivity contribution in [2.75, 3.05) is 25.5 Å². The van der Waals surface area contributed by atoms with Crippen molar-refractivity contribution < 1.29 is 14.7 Å². The average Bonchev–Trinajstić information content (AvgIpc) is 2.60. The third kappa shape index (κ3) is 5.29. The van der Waals surface area contributed by atoms with E-state index in [1.807, 2.05) is 31.3 Å². The van der Waals surface area contributed by atoms with Crippen LogP contribution in [0.2, 0.25) is 10.0 Å². The first-order chi connectivity index (χ1) is 12.8. The molecule has 0 fully saturated rings. The van der Waals surface area contributed by atoms with Crippen LogP contribution in [0.5, 0.6) is 0 Å². The zero-order chi connectivity index (χ0) is 19.6. The number of carboxylic acids is 1. The van der Waals surface area contributed by atoms with Gasteiger partial charge in [0.1, 0.15) is 6.54 Å². The lowest BCUT2D eigenvalue weighted by Crippen LogP contribution is -2.33. The molecule has 1 aliphatic heterocycles. The van der Waals surface area contributed by atoms with Crippen molar-refractivity contribution in [3.63, 3.8) is 0 Å². The van der Waals surface area contributed by atoms with Crippen LogP contribution in [0.15, 0.2) is 36.4 Å². The van der Waals surface area contributed by atoms with Crippen LogP contribution in [-0.2, 0) is 11.3 Å². The molecule has 28 heavy (non-hydrogen) atoms. The molecule has 0 spiro atoms. The largest absolute Gasteiger partial charge is 0.480 e. The molecule has 0 radical (unpaired) electrons. The fourth-order valence-electron chi connectivity index (χ4n) is 3.29. The van der Waals surface area contributed by atoms with Crippen LogP contribution in [0.1, 0.15) is 22.6 Å². The van der Waals surface area contributed by atoms with Gasteiger partial charge in [0.2, 0.25) is 0 Å². The Kier molecular flexibility index (Phi) is 7.55. The fourth-order valence-corrected chi connectivity index (χ4v) is 3.86. The van der Waals surface area contributed by atoms with Gasteiger partial charge in [0.05, 0.1) is 0 Å². The Hall–Kier alpha value is -1.99. The monoisotopic (exact) mass is 443 g/mol. The highest BCUT2D eigenvalue weighted by Gasteiger charge is 2.27. The number of hydrogen-bond acceptors (Lipinski definition) is 3. The summed E-state index contributed by atoms with van der Waals surface area (Å²) in [5, 5.41) is 14.8. The molecular formula is C19H20Cl3N3O3. The minimum absolute atomic E-state index is 0. The van der Waals surface area contributed by atoms with Gasteiger partial charge in [-0.15, -0.1) is 12.4 Å². The van der Waals surface area contributed by atoms with Gasteiger partial charge in [0.25, 0.3) is 0 Å². The Balaban J connectivity index is 0.00000280. The summed E-state index contributed by atoms with van der Waals surface area (Å²) in [5.74, 6) is -1.05. The summed E-state index contributed by atoms with van der Waals surface area (Å²) in [6, 6.07) is 10.6. The van der Waals surface area contributed by atoms with Crippen molar-refractivity contribution in [1.29, 1.82) is 0 Å². The molecule has 2 aromatic rings. The molecule has 0 bridgehead atoms. The van der Waals surface area contributed by atoms with Gasteiger partial charge in [0.15, 0.2) is 0 Å². The number of nitrogens with zero attached hydrogens (tertiary/aromatic N) is 1. The number of carbonyl (C=O) groups is 2. The molecule has 2 aromatic carbocycles. The Labute approximate surface area is 179 Å². The van der Waals surface area contributed by atoms with Gasteiger partial charge < -0.3 is 20.6 Å². The molecule has 6 nitrogen and oxygen atoms in total. The Morgan fingerprint density at radius 3 is 2.71 bits per heavy atom. The molecule has 9 heteroatoms. The van der Waals surface area contributed by atoms with Gasteiger partial charge in [-0.25, -0.2) is 4.79 Å². The van der Waals surface area contributed by atoms with Gasteiger partial charge in [-0.2, -0.15) is 0 Å². The van der Waals surface area contributed by atoms with E-state index in [9.17, 15) is 9.59 Å². The van der Waals surface area contributed by atoms with Crippen molar-refractivity contribution in [3.05, 3.63) is 63.1 Å². The molecule has 3 rings (SSSR count). The molecule has 1 unspecified atom stereocenters. The van der Waals surface area contributed by atoms with E-state index in [4.69, 9.17) is 28.3 Å². The van der Waals surface area contributed by atoms with E-state index >= 15 is 0 Å². The van der Waals surface area contributed by atoms with Crippen LogP contribution in [0.25, 0.3) is 0 Å². The molecule has 0 aromatic heterocycles. The number of amides is 2. The van der Waals surface area contributed by atoms with Crippen LogP contribution in [0, 0.1) is 0 Å². The van der Waals surface area contributed by atoms with Gasteiger partial charge in [-0.3, -0.25) is 4.79 Å². The third-order valence-corrected chi connectivity index (χ3v) is 4.99. The highest BCUT2D eigenvalue weighted by molar-refractivity contribution is 6.35. The van der Waals surface area contributed by atoms with Crippen molar-refractivity contribution >= 4 is 53.3 Å². The van der Waals surface area contributed by atoms with Crippen LogP contribution in [-0.4, -0.2) is 42.1 Å². The highest BCUT2D eigenvalue weighted by Crippen LogP contribution is 2.38. The predicted molar refractivity (Wildman–Crippen MR) is 113 cm³/mol. The number of halogens is 3. The first-order valence-corrected chi connectivity index (χ1v) is 9.12. The number of rotatable bonds is 4. The number of carboxylic acid groups (broad SMARTS) is 1. The maximum absolute atomic E-state index is 11.8. The minimum Gasteiger partial charge on any atom is -0.480 e. The second kappa shape index (κ2) is 9.47. The number of urea groups is 1. The Morgan fingerprint density at radius 1 is 1.25 bits per heavy atom. The average molecular weight is 445 g/mol. The van der Waals surface area contributed by atoms with E-state index in [0.717, 1.165) is 29.8 Å². The van der Waals surface area contributed by atoms with Crippen LogP contribution in [0.3, 0.4) is 0 Å². The zero-order valence-corrected chi connectivity index (χ0v) is 17.4. The summed E-state index contributed by atoms with van der Waals surface area (Å²) in [7, 11) is 2.03. The Bertz CT molecular complexity index is 892. The lowest BCUT2D eigenvalue weighted by atomic mass is 9.84. The number of likely N-dealkylation sites (N-methyl/N-ethyl adjacent to an activating group) is 1. The molecule has 2 amide bonds. The van der Waals surface area contributed by atoms with Crippen LogP contribution in [0.4, 0.5) is 10.5 Å². The number of carbonyl (C=O) groups excluding carboxylic acids is 1. The molecule has 0 aliphatic carbocycles. The second-order valence-electron chi connectivity index (χ2n) is 6.53. The van der Waals surface area contributed by atoms with Crippen molar-refractivity contribution in [1.82, 2.24) is 10.2 Å². The van der Waals surface area contributed by atoms with E-state index in [1.54, 1.807) is 12.1 Å².